The third-order valence-corrected chi connectivity index (χ3v) is 5.60. The second-order valence-corrected chi connectivity index (χ2v) is 7.47. The molecular formula is C11H15N3O4S. The molecule has 2 aliphatic heterocycles. The Morgan fingerprint density at radius 1 is 1.37 bits per heavy atom. The lowest BCUT2D eigenvalue weighted by atomic mass is 9.98. The van der Waals surface area contributed by atoms with Gasteiger partial charge in [-0.05, 0) is 12.8 Å². The summed E-state index contributed by atoms with van der Waals surface area (Å²) in [4.78, 5) is 15.3. The highest BCUT2D eigenvalue weighted by Crippen LogP contribution is 2.28. The zero-order chi connectivity index (χ0) is 13.6. The molecule has 8 heteroatoms. The monoisotopic (exact) mass is 285 g/mol. The van der Waals surface area contributed by atoms with E-state index in [4.69, 9.17) is 5.11 Å². The van der Waals surface area contributed by atoms with Gasteiger partial charge in [0.25, 0.3) is 0 Å². The number of hydrogen-bond donors (Lipinski definition) is 1. The molecule has 0 spiro atoms. The molecule has 2 unspecified atom stereocenters. The van der Waals surface area contributed by atoms with Crippen LogP contribution in [0.1, 0.15) is 30.4 Å². The van der Waals surface area contributed by atoms with Crippen molar-refractivity contribution in [3.63, 3.8) is 0 Å². The number of aromatic nitrogens is 3. The third-order valence-electron chi connectivity index (χ3n) is 3.83. The zero-order valence-corrected chi connectivity index (χ0v) is 11.1. The number of aryl methyl sites for hydroxylation is 1. The first-order valence-corrected chi connectivity index (χ1v) is 8.13. The van der Waals surface area contributed by atoms with Crippen LogP contribution in [0.2, 0.25) is 0 Å². The number of sulfone groups is 1. The van der Waals surface area contributed by atoms with Crippen LogP contribution in [0, 0.1) is 5.92 Å². The van der Waals surface area contributed by atoms with E-state index in [1.165, 1.54) is 0 Å². The molecule has 0 radical (unpaired) electrons. The van der Waals surface area contributed by atoms with E-state index >= 15 is 0 Å². The average Bonchev–Trinajstić information content (AvgIpc) is 2.90. The first kappa shape index (κ1) is 12.6. The van der Waals surface area contributed by atoms with E-state index in [-0.39, 0.29) is 17.4 Å². The number of nitrogens with zero attached hydrogens (tertiary/aromatic N) is 3. The summed E-state index contributed by atoms with van der Waals surface area (Å²) in [6, 6.07) is 0. The molecule has 7 nitrogen and oxygen atoms in total. The predicted octanol–water partition coefficient (Wildman–Crippen LogP) is -0.173. The Bertz CT molecular complexity index is 622. The van der Waals surface area contributed by atoms with E-state index in [2.05, 4.69) is 10.1 Å². The van der Waals surface area contributed by atoms with E-state index in [0.717, 1.165) is 0 Å². The maximum Gasteiger partial charge on any atom is 0.307 e. The van der Waals surface area contributed by atoms with E-state index in [1.54, 1.807) is 4.68 Å². The van der Waals surface area contributed by atoms with Crippen LogP contribution < -0.4 is 0 Å². The summed E-state index contributed by atoms with van der Waals surface area (Å²) in [7, 11) is -2.95. The van der Waals surface area contributed by atoms with Gasteiger partial charge in [0.1, 0.15) is 5.82 Å². The summed E-state index contributed by atoms with van der Waals surface area (Å²) in [6.07, 6.45) is 1.49. The van der Waals surface area contributed by atoms with Crippen LogP contribution in [0.4, 0.5) is 0 Å². The SMILES string of the molecule is O=C(O)C1CCn2nc(C3CCS(=O)(=O)C3)nc2C1. The van der Waals surface area contributed by atoms with Gasteiger partial charge in [-0.25, -0.2) is 18.1 Å². The summed E-state index contributed by atoms with van der Waals surface area (Å²) in [5.74, 6) is 0.181. The minimum atomic E-state index is -2.95. The third kappa shape index (κ3) is 2.36. The smallest absolute Gasteiger partial charge is 0.307 e. The predicted molar refractivity (Wildman–Crippen MR) is 65.5 cm³/mol. The molecule has 3 rings (SSSR count). The average molecular weight is 285 g/mol. The number of carbonyl (C=O) groups is 1. The molecule has 1 aromatic rings. The molecule has 0 saturated carbocycles. The maximum absolute atomic E-state index is 11.5. The molecule has 0 aromatic carbocycles. The van der Waals surface area contributed by atoms with Gasteiger partial charge in [0, 0.05) is 18.9 Å². The molecule has 0 bridgehead atoms. The first-order valence-electron chi connectivity index (χ1n) is 6.31. The van der Waals surface area contributed by atoms with Crippen LogP contribution in [0.25, 0.3) is 0 Å². The number of hydrogen-bond acceptors (Lipinski definition) is 5. The van der Waals surface area contributed by atoms with Gasteiger partial charge in [-0.1, -0.05) is 0 Å². The topological polar surface area (TPSA) is 102 Å². The van der Waals surface area contributed by atoms with Crippen molar-refractivity contribution in [3.8, 4) is 0 Å². The highest BCUT2D eigenvalue weighted by Gasteiger charge is 2.34. The quantitative estimate of drug-likeness (QED) is 0.809. The Morgan fingerprint density at radius 3 is 2.79 bits per heavy atom. The van der Waals surface area contributed by atoms with E-state index in [0.29, 0.717) is 37.5 Å². The zero-order valence-electron chi connectivity index (χ0n) is 10.3. The molecule has 0 aliphatic carbocycles. The minimum Gasteiger partial charge on any atom is -0.481 e. The normalized spacial score (nSPS) is 29.1. The van der Waals surface area contributed by atoms with Crippen LogP contribution in [0.15, 0.2) is 0 Å². The summed E-state index contributed by atoms with van der Waals surface area (Å²) in [6.45, 7) is 0.540. The molecule has 2 atom stereocenters. The van der Waals surface area contributed by atoms with Gasteiger partial charge >= 0.3 is 5.97 Å². The molecule has 1 aromatic heterocycles. The van der Waals surface area contributed by atoms with Crippen LogP contribution in [-0.2, 0) is 27.6 Å². The van der Waals surface area contributed by atoms with Crippen molar-refractivity contribution in [2.45, 2.75) is 31.7 Å². The Kier molecular flexibility index (Phi) is 2.84. The van der Waals surface area contributed by atoms with Crippen LogP contribution in [0.5, 0.6) is 0 Å². The standard InChI is InChI=1S/C11H15N3O4S/c15-11(16)7-1-3-14-9(5-7)12-10(13-14)8-2-4-19(17,18)6-8/h7-8H,1-6H2,(H,15,16). The van der Waals surface area contributed by atoms with Crippen molar-refractivity contribution in [2.24, 2.45) is 5.92 Å². The van der Waals surface area contributed by atoms with E-state index < -0.39 is 21.7 Å². The molecule has 19 heavy (non-hydrogen) atoms. The van der Waals surface area contributed by atoms with E-state index in [1.807, 2.05) is 0 Å². The van der Waals surface area contributed by atoms with Gasteiger partial charge in [0.05, 0.1) is 17.4 Å². The summed E-state index contributed by atoms with van der Waals surface area (Å²) >= 11 is 0. The van der Waals surface area contributed by atoms with Crippen molar-refractivity contribution in [2.75, 3.05) is 11.5 Å². The largest absolute Gasteiger partial charge is 0.481 e. The van der Waals surface area contributed by atoms with Crippen molar-refractivity contribution in [1.29, 1.82) is 0 Å². The maximum atomic E-state index is 11.5. The van der Waals surface area contributed by atoms with E-state index in [9.17, 15) is 13.2 Å². The van der Waals surface area contributed by atoms with Crippen LogP contribution in [0.3, 0.4) is 0 Å². The summed E-state index contributed by atoms with van der Waals surface area (Å²) in [5.41, 5.74) is 0. The number of carboxylic acid groups (broad SMARTS) is 1. The van der Waals surface area contributed by atoms with Crippen molar-refractivity contribution < 1.29 is 18.3 Å². The second-order valence-electron chi connectivity index (χ2n) is 5.24. The van der Waals surface area contributed by atoms with Crippen molar-refractivity contribution in [1.82, 2.24) is 14.8 Å². The van der Waals surface area contributed by atoms with Crippen LogP contribution in [-0.4, -0.2) is 45.8 Å². The molecular weight excluding hydrogens is 270 g/mol. The molecule has 3 heterocycles. The fourth-order valence-corrected chi connectivity index (χ4v) is 4.45. The fourth-order valence-electron chi connectivity index (χ4n) is 2.71. The molecule has 2 aliphatic rings. The van der Waals surface area contributed by atoms with Crippen molar-refractivity contribution in [3.05, 3.63) is 11.6 Å². The van der Waals surface area contributed by atoms with Crippen molar-refractivity contribution >= 4 is 15.8 Å². The first-order chi connectivity index (χ1) is 8.94. The number of carboxylic acids is 1. The summed E-state index contributed by atoms with van der Waals surface area (Å²) < 4.78 is 24.6. The lowest BCUT2D eigenvalue weighted by Gasteiger charge is -2.17. The van der Waals surface area contributed by atoms with Gasteiger partial charge < -0.3 is 5.11 Å². The van der Waals surface area contributed by atoms with Gasteiger partial charge in [0.2, 0.25) is 0 Å². The van der Waals surface area contributed by atoms with Crippen LogP contribution >= 0.6 is 0 Å². The van der Waals surface area contributed by atoms with Gasteiger partial charge in [-0.2, -0.15) is 5.10 Å². The summed E-state index contributed by atoms with van der Waals surface area (Å²) in [5, 5.41) is 13.4. The Hall–Kier alpha value is -1.44. The Morgan fingerprint density at radius 2 is 2.16 bits per heavy atom. The van der Waals surface area contributed by atoms with Gasteiger partial charge in [0.15, 0.2) is 15.7 Å². The number of fused-ring (bicyclic) bond motifs is 1. The molecule has 104 valence electrons. The number of aliphatic carboxylic acids is 1. The molecule has 1 saturated heterocycles. The van der Waals surface area contributed by atoms with Gasteiger partial charge in [-0.15, -0.1) is 0 Å². The lowest BCUT2D eigenvalue weighted by Crippen LogP contribution is -2.26. The highest BCUT2D eigenvalue weighted by molar-refractivity contribution is 7.91. The second kappa shape index (κ2) is 4.29. The minimum absolute atomic E-state index is 0.110. The Labute approximate surface area is 110 Å². The molecule has 1 fully saturated rings. The molecule has 1 N–H and O–H groups in total. The highest BCUT2D eigenvalue weighted by atomic mass is 32.2. The number of rotatable bonds is 2. The molecule has 0 amide bonds. The van der Waals surface area contributed by atoms with Gasteiger partial charge in [-0.3, -0.25) is 4.79 Å². The Balaban J connectivity index is 1.82. The fraction of sp³-hybridized carbons (Fsp3) is 0.727. The lowest BCUT2D eigenvalue weighted by molar-refractivity contribution is -0.142.